The van der Waals surface area contributed by atoms with Gasteiger partial charge >= 0.3 is 0 Å². The van der Waals surface area contributed by atoms with Gasteiger partial charge in [-0.15, -0.1) is 0 Å². The van der Waals surface area contributed by atoms with Crippen molar-refractivity contribution < 1.29 is 4.74 Å². The van der Waals surface area contributed by atoms with E-state index in [1.54, 1.807) is 7.11 Å². The second-order valence-corrected chi connectivity index (χ2v) is 4.95. The SMILES string of the molecule is COc1cccc(CNc2ccccc2C(C)C)c1. The number of hydrogen-bond acceptors (Lipinski definition) is 2. The lowest BCUT2D eigenvalue weighted by Gasteiger charge is -2.14. The van der Waals surface area contributed by atoms with Gasteiger partial charge < -0.3 is 10.1 Å². The van der Waals surface area contributed by atoms with Crippen molar-refractivity contribution in [3.05, 3.63) is 59.7 Å². The Kier molecular flexibility index (Phi) is 4.45. The largest absolute Gasteiger partial charge is 0.497 e. The molecular weight excluding hydrogens is 234 g/mol. The molecule has 2 heteroatoms. The summed E-state index contributed by atoms with van der Waals surface area (Å²) in [5.74, 6) is 1.42. The van der Waals surface area contributed by atoms with Crippen molar-refractivity contribution in [2.75, 3.05) is 12.4 Å². The molecule has 0 aliphatic rings. The minimum absolute atomic E-state index is 0.522. The highest BCUT2D eigenvalue weighted by Gasteiger charge is 2.05. The lowest BCUT2D eigenvalue weighted by molar-refractivity contribution is 0.414. The van der Waals surface area contributed by atoms with Crippen molar-refractivity contribution in [2.24, 2.45) is 0 Å². The minimum Gasteiger partial charge on any atom is -0.497 e. The molecule has 0 amide bonds. The molecule has 0 radical (unpaired) electrons. The molecule has 0 atom stereocenters. The Labute approximate surface area is 115 Å². The summed E-state index contributed by atoms with van der Waals surface area (Å²) < 4.78 is 5.24. The molecule has 2 rings (SSSR count). The van der Waals surface area contributed by atoms with E-state index in [1.807, 2.05) is 12.1 Å². The summed E-state index contributed by atoms with van der Waals surface area (Å²) in [6.07, 6.45) is 0. The molecule has 0 heterocycles. The van der Waals surface area contributed by atoms with Crippen LogP contribution in [0.1, 0.15) is 30.9 Å². The lowest BCUT2D eigenvalue weighted by atomic mass is 10.0. The summed E-state index contributed by atoms with van der Waals surface area (Å²) in [5.41, 5.74) is 3.78. The molecule has 0 aliphatic carbocycles. The summed E-state index contributed by atoms with van der Waals surface area (Å²) in [6, 6.07) is 16.6. The van der Waals surface area contributed by atoms with Crippen molar-refractivity contribution in [3.8, 4) is 5.75 Å². The Hall–Kier alpha value is -1.96. The van der Waals surface area contributed by atoms with E-state index in [1.165, 1.54) is 16.8 Å². The van der Waals surface area contributed by atoms with Crippen LogP contribution in [-0.2, 0) is 6.54 Å². The first-order chi connectivity index (χ1) is 9.20. The zero-order valence-corrected chi connectivity index (χ0v) is 11.8. The average Bonchev–Trinajstić information content (AvgIpc) is 2.45. The van der Waals surface area contributed by atoms with Gasteiger partial charge in [0.15, 0.2) is 0 Å². The van der Waals surface area contributed by atoms with Crippen LogP contribution in [0.4, 0.5) is 5.69 Å². The Balaban J connectivity index is 2.10. The highest BCUT2D eigenvalue weighted by Crippen LogP contribution is 2.24. The number of para-hydroxylation sites is 1. The van der Waals surface area contributed by atoms with Gasteiger partial charge in [0.1, 0.15) is 5.75 Å². The van der Waals surface area contributed by atoms with Gasteiger partial charge in [-0.3, -0.25) is 0 Å². The van der Waals surface area contributed by atoms with Crippen molar-refractivity contribution in [1.82, 2.24) is 0 Å². The maximum Gasteiger partial charge on any atom is 0.119 e. The molecule has 2 nitrogen and oxygen atoms in total. The maximum absolute atomic E-state index is 5.24. The molecule has 0 fully saturated rings. The standard InChI is InChI=1S/C17H21NO/c1-13(2)16-9-4-5-10-17(16)18-12-14-7-6-8-15(11-14)19-3/h4-11,13,18H,12H2,1-3H3. The van der Waals surface area contributed by atoms with Crippen molar-refractivity contribution in [2.45, 2.75) is 26.3 Å². The topological polar surface area (TPSA) is 21.3 Å². The molecule has 19 heavy (non-hydrogen) atoms. The number of methoxy groups -OCH3 is 1. The second-order valence-electron chi connectivity index (χ2n) is 4.95. The van der Waals surface area contributed by atoms with Gasteiger partial charge in [-0.1, -0.05) is 44.2 Å². The number of anilines is 1. The molecule has 0 saturated heterocycles. The predicted octanol–water partition coefficient (Wildman–Crippen LogP) is 4.43. The fraction of sp³-hybridized carbons (Fsp3) is 0.294. The molecule has 0 bridgehead atoms. The van der Waals surface area contributed by atoms with Crippen LogP contribution in [0.5, 0.6) is 5.75 Å². The molecular formula is C17H21NO. The number of benzene rings is 2. The minimum atomic E-state index is 0.522. The molecule has 0 aromatic heterocycles. The molecule has 2 aromatic carbocycles. The van der Waals surface area contributed by atoms with Crippen LogP contribution >= 0.6 is 0 Å². The lowest BCUT2D eigenvalue weighted by Crippen LogP contribution is -2.03. The van der Waals surface area contributed by atoms with Gasteiger partial charge in [-0.05, 0) is 35.2 Å². The number of ether oxygens (including phenoxy) is 1. The van der Waals surface area contributed by atoms with E-state index in [9.17, 15) is 0 Å². The van der Waals surface area contributed by atoms with E-state index in [-0.39, 0.29) is 0 Å². The van der Waals surface area contributed by atoms with Crippen LogP contribution in [0.15, 0.2) is 48.5 Å². The summed E-state index contributed by atoms with van der Waals surface area (Å²) in [7, 11) is 1.70. The third kappa shape index (κ3) is 3.50. The number of rotatable bonds is 5. The molecule has 0 aliphatic heterocycles. The fourth-order valence-corrected chi connectivity index (χ4v) is 2.14. The van der Waals surface area contributed by atoms with Crippen molar-refractivity contribution in [3.63, 3.8) is 0 Å². The summed E-state index contributed by atoms with van der Waals surface area (Å²) in [6.45, 7) is 5.24. The molecule has 2 aromatic rings. The summed E-state index contributed by atoms with van der Waals surface area (Å²) in [4.78, 5) is 0. The van der Waals surface area contributed by atoms with Gasteiger partial charge in [-0.2, -0.15) is 0 Å². The van der Waals surface area contributed by atoms with Crippen LogP contribution in [0.25, 0.3) is 0 Å². The zero-order valence-electron chi connectivity index (χ0n) is 11.8. The Morgan fingerprint density at radius 2 is 1.84 bits per heavy atom. The van der Waals surface area contributed by atoms with Gasteiger partial charge in [-0.25, -0.2) is 0 Å². The number of nitrogens with one attached hydrogen (secondary N) is 1. The molecule has 0 spiro atoms. The van der Waals surface area contributed by atoms with Gasteiger partial charge in [0.2, 0.25) is 0 Å². The van der Waals surface area contributed by atoms with Crippen LogP contribution in [0.3, 0.4) is 0 Å². The smallest absolute Gasteiger partial charge is 0.119 e. The monoisotopic (exact) mass is 255 g/mol. The van der Waals surface area contributed by atoms with E-state index in [0.29, 0.717) is 5.92 Å². The fourth-order valence-electron chi connectivity index (χ4n) is 2.14. The molecule has 1 N–H and O–H groups in total. The van der Waals surface area contributed by atoms with E-state index in [0.717, 1.165) is 12.3 Å². The Bertz CT molecular complexity index is 534. The molecule has 0 saturated carbocycles. The molecule has 0 unspecified atom stereocenters. The Morgan fingerprint density at radius 1 is 1.05 bits per heavy atom. The second kappa shape index (κ2) is 6.28. The van der Waals surface area contributed by atoms with Crippen LogP contribution in [-0.4, -0.2) is 7.11 Å². The maximum atomic E-state index is 5.24. The van der Waals surface area contributed by atoms with Crippen LogP contribution in [0.2, 0.25) is 0 Å². The average molecular weight is 255 g/mol. The highest BCUT2D eigenvalue weighted by atomic mass is 16.5. The third-order valence-electron chi connectivity index (χ3n) is 3.20. The normalized spacial score (nSPS) is 10.5. The zero-order chi connectivity index (χ0) is 13.7. The van der Waals surface area contributed by atoms with E-state index >= 15 is 0 Å². The van der Waals surface area contributed by atoms with Crippen LogP contribution in [0, 0.1) is 0 Å². The first-order valence-corrected chi connectivity index (χ1v) is 6.66. The first-order valence-electron chi connectivity index (χ1n) is 6.66. The van der Waals surface area contributed by atoms with Gasteiger partial charge in [0.25, 0.3) is 0 Å². The molecule has 100 valence electrons. The van der Waals surface area contributed by atoms with Gasteiger partial charge in [0, 0.05) is 12.2 Å². The first kappa shape index (κ1) is 13.5. The Morgan fingerprint density at radius 3 is 2.58 bits per heavy atom. The summed E-state index contributed by atoms with van der Waals surface area (Å²) in [5, 5.41) is 3.51. The van der Waals surface area contributed by atoms with Gasteiger partial charge in [0.05, 0.1) is 7.11 Å². The van der Waals surface area contributed by atoms with E-state index < -0.39 is 0 Å². The predicted molar refractivity (Wildman–Crippen MR) is 80.9 cm³/mol. The summed E-state index contributed by atoms with van der Waals surface area (Å²) >= 11 is 0. The quantitative estimate of drug-likeness (QED) is 0.853. The van der Waals surface area contributed by atoms with E-state index in [4.69, 9.17) is 4.74 Å². The highest BCUT2D eigenvalue weighted by molar-refractivity contribution is 5.53. The third-order valence-corrected chi connectivity index (χ3v) is 3.20. The van der Waals surface area contributed by atoms with Crippen molar-refractivity contribution >= 4 is 5.69 Å². The van der Waals surface area contributed by atoms with E-state index in [2.05, 4.69) is 55.6 Å². The van der Waals surface area contributed by atoms with Crippen LogP contribution < -0.4 is 10.1 Å². The number of hydrogen-bond donors (Lipinski definition) is 1. The van der Waals surface area contributed by atoms with Crippen molar-refractivity contribution in [1.29, 1.82) is 0 Å².